The molecule has 1 unspecified atom stereocenters. The van der Waals surface area contributed by atoms with Gasteiger partial charge in [-0.15, -0.1) is 0 Å². The van der Waals surface area contributed by atoms with E-state index in [9.17, 15) is 9.18 Å². The van der Waals surface area contributed by atoms with Crippen LogP contribution in [0.5, 0.6) is 0 Å². The van der Waals surface area contributed by atoms with Gasteiger partial charge in [-0.25, -0.2) is 4.39 Å². The van der Waals surface area contributed by atoms with Crippen LogP contribution in [0.15, 0.2) is 29.3 Å². The number of carbonyl (C=O) groups excluding carboxylic acids is 1. The number of benzene rings is 1. The average molecular weight is 449 g/mol. The Labute approximate surface area is 190 Å². The molecule has 2 N–H and O–H groups in total. The van der Waals surface area contributed by atoms with Gasteiger partial charge in [0.05, 0.1) is 19.8 Å². The van der Waals surface area contributed by atoms with Gasteiger partial charge >= 0.3 is 0 Å². The Bertz CT molecular complexity index is 731. The van der Waals surface area contributed by atoms with Crippen molar-refractivity contribution < 1.29 is 13.9 Å². The number of hydrogen-bond acceptors (Lipinski definition) is 5. The van der Waals surface area contributed by atoms with Gasteiger partial charge in [0.1, 0.15) is 5.82 Å². The van der Waals surface area contributed by atoms with E-state index in [0.29, 0.717) is 38.6 Å². The zero-order chi connectivity index (χ0) is 22.8. The predicted molar refractivity (Wildman–Crippen MR) is 126 cm³/mol. The number of ether oxygens (including phenoxy) is 1. The molecular formula is C23H37FN6O2. The molecule has 0 bridgehead atoms. The quantitative estimate of drug-likeness (QED) is 0.459. The van der Waals surface area contributed by atoms with E-state index >= 15 is 0 Å². The fourth-order valence-electron chi connectivity index (χ4n) is 4.01. The molecule has 8 nitrogen and oxygen atoms in total. The summed E-state index contributed by atoms with van der Waals surface area (Å²) in [5, 5.41) is 6.55. The van der Waals surface area contributed by atoms with Crippen molar-refractivity contribution in [2.45, 2.75) is 26.3 Å². The first-order chi connectivity index (χ1) is 15.6. The van der Waals surface area contributed by atoms with Crippen molar-refractivity contribution in [1.29, 1.82) is 0 Å². The molecule has 2 aliphatic heterocycles. The number of amides is 1. The molecule has 0 aromatic heterocycles. The Morgan fingerprint density at radius 1 is 1.09 bits per heavy atom. The highest BCUT2D eigenvalue weighted by molar-refractivity contribution is 5.81. The van der Waals surface area contributed by atoms with Crippen LogP contribution in [-0.2, 0) is 9.53 Å². The fourth-order valence-corrected chi connectivity index (χ4v) is 4.01. The number of carbonyl (C=O) groups is 1. The molecule has 2 fully saturated rings. The first kappa shape index (κ1) is 24.3. The van der Waals surface area contributed by atoms with Gasteiger partial charge in [-0.2, -0.15) is 0 Å². The largest absolute Gasteiger partial charge is 0.379 e. The molecule has 2 heterocycles. The number of aliphatic imine (C=N–C) groups is 1. The minimum Gasteiger partial charge on any atom is -0.379 e. The lowest BCUT2D eigenvalue weighted by molar-refractivity contribution is -0.131. The standard InChI is InChI=1S/C23H37FN6O2/c1-3-25-23(27-18-19(2)28-14-16-32-17-15-28)26-9-8-22(31)30-12-10-29(11-13-30)21-6-4-20(24)5-7-21/h4-7,19H,3,8-18H2,1-2H3,(H2,25,26,27). The van der Waals surface area contributed by atoms with Gasteiger partial charge in [-0.05, 0) is 38.1 Å². The molecule has 0 aliphatic carbocycles. The lowest BCUT2D eigenvalue weighted by Gasteiger charge is -2.36. The van der Waals surface area contributed by atoms with Gasteiger partial charge < -0.3 is 25.2 Å². The number of rotatable bonds is 8. The molecule has 1 aromatic rings. The smallest absolute Gasteiger partial charge is 0.224 e. The number of anilines is 1. The van der Waals surface area contributed by atoms with Crippen LogP contribution >= 0.6 is 0 Å². The van der Waals surface area contributed by atoms with Gasteiger partial charge in [0.15, 0.2) is 5.96 Å². The Morgan fingerprint density at radius 3 is 2.44 bits per heavy atom. The Morgan fingerprint density at radius 2 is 1.78 bits per heavy atom. The Kier molecular flexibility index (Phi) is 9.55. The fraction of sp³-hybridized carbons (Fsp3) is 0.652. The molecule has 0 spiro atoms. The second-order valence-corrected chi connectivity index (χ2v) is 8.24. The third kappa shape index (κ3) is 7.34. The highest BCUT2D eigenvalue weighted by Crippen LogP contribution is 2.17. The maximum Gasteiger partial charge on any atom is 0.224 e. The molecule has 3 rings (SSSR count). The predicted octanol–water partition coefficient (Wildman–Crippen LogP) is 1.14. The van der Waals surface area contributed by atoms with Crippen LogP contribution in [0.4, 0.5) is 10.1 Å². The summed E-state index contributed by atoms with van der Waals surface area (Å²) in [5.74, 6) is 0.668. The zero-order valence-corrected chi connectivity index (χ0v) is 19.4. The molecule has 1 atom stereocenters. The molecule has 2 aliphatic rings. The van der Waals surface area contributed by atoms with Crippen LogP contribution in [0.25, 0.3) is 0 Å². The van der Waals surface area contributed by atoms with Crippen LogP contribution in [0, 0.1) is 5.82 Å². The number of nitrogens with one attached hydrogen (secondary N) is 2. The summed E-state index contributed by atoms with van der Waals surface area (Å²) in [6.07, 6.45) is 0.431. The van der Waals surface area contributed by atoms with Crippen molar-refractivity contribution in [3.63, 3.8) is 0 Å². The molecule has 1 aromatic carbocycles. The summed E-state index contributed by atoms with van der Waals surface area (Å²) in [7, 11) is 0. The number of halogens is 1. The van der Waals surface area contributed by atoms with E-state index in [2.05, 4.69) is 27.4 Å². The van der Waals surface area contributed by atoms with Gasteiger partial charge in [-0.3, -0.25) is 14.7 Å². The summed E-state index contributed by atoms with van der Waals surface area (Å²) in [6.45, 7) is 12.6. The van der Waals surface area contributed by atoms with E-state index in [1.807, 2.05) is 11.8 Å². The van der Waals surface area contributed by atoms with Crippen LogP contribution in [0.1, 0.15) is 20.3 Å². The summed E-state index contributed by atoms with van der Waals surface area (Å²) < 4.78 is 18.5. The van der Waals surface area contributed by atoms with E-state index in [1.54, 1.807) is 12.1 Å². The highest BCUT2D eigenvalue weighted by atomic mass is 19.1. The Balaban J connectivity index is 1.38. The van der Waals surface area contributed by atoms with Crippen molar-refractivity contribution >= 4 is 17.6 Å². The van der Waals surface area contributed by atoms with Crippen molar-refractivity contribution in [1.82, 2.24) is 20.4 Å². The number of piperazine rings is 1. The molecule has 9 heteroatoms. The summed E-state index contributed by atoms with van der Waals surface area (Å²) in [5.41, 5.74) is 0.998. The third-order valence-electron chi connectivity index (χ3n) is 5.98. The lowest BCUT2D eigenvalue weighted by atomic mass is 10.2. The van der Waals surface area contributed by atoms with E-state index in [0.717, 1.165) is 57.6 Å². The Hall–Kier alpha value is -2.39. The molecule has 2 saturated heterocycles. The van der Waals surface area contributed by atoms with E-state index < -0.39 is 0 Å². The average Bonchev–Trinajstić information content (AvgIpc) is 2.83. The zero-order valence-electron chi connectivity index (χ0n) is 19.4. The van der Waals surface area contributed by atoms with Crippen molar-refractivity contribution in [3.8, 4) is 0 Å². The van der Waals surface area contributed by atoms with E-state index in [4.69, 9.17) is 9.73 Å². The van der Waals surface area contributed by atoms with Crippen molar-refractivity contribution in [2.75, 3.05) is 77.0 Å². The highest BCUT2D eigenvalue weighted by Gasteiger charge is 2.21. The number of nitrogens with zero attached hydrogens (tertiary/aromatic N) is 4. The van der Waals surface area contributed by atoms with Crippen LogP contribution < -0.4 is 15.5 Å². The van der Waals surface area contributed by atoms with Gasteiger partial charge in [0.25, 0.3) is 0 Å². The monoisotopic (exact) mass is 448 g/mol. The molecule has 178 valence electrons. The molecule has 0 saturated carbocycles. The van der Waals surface area contributed by atoms with Crippen molar-refractivity contribution in [2.24, 2.45) is 4.99 Å². The van der Waals surface area contributed by atoms with Crippen LogP contribution in [0.3, 0.4) is 0 Å². The maximum atomic E-state index is 13.1. The van der Waals surface area contributed by atoms with Crippen LogP contribution in [0.2, 0.25) is 0 Å². The first-order valence-corrected chi connectivity index (χ1v) is 11.7. The van der Waals surface area contributed by atoms with Gasteiger partial charge in [0.2, 0.25) is 5.91 Å². The molecule has 1 amide bonds. The second-order valence-electron chi connectivity index (χ2n) is 8.24. The van der Waals surface area contributed by atoms with Crippen molar-refractivity contribution in [3.05, 3.63) is 30.1 Å². The number of hydrogen-bond donors (Lipinski definition) is 2. The van der Waals surface area contributed by atoms with E-state index in [-0.39, 0.29) is 11.7 Å². The molecule has 32 heavy (non-hydrogen) atoms. The normalized spacial score (nSPS) is 19.0. The van der Waals surface area contributed by atoms with Gasteiger partial charge in [0, 0.05) is 70.5 Å². The number of morpholine rings is 1. The SMILES string of the molecule is CCNC(=NCC(C)N1CCOCC1)NCCC(=O)N1CCN(c2ccc(F)cc2)CC1. The number of guanidine groups is 1. The van der Waals surface area contributed by atoms with E-state index in [1.165, 1.54) is 12.1 Å². The second kappa shape index (κ2) is 12.6. The lowest BCUT2D eigenvalue weighted by Crippen LogP contribution is -2.49. The summed E-state index contributed by atoms with van der Waals surface area (Å²) in [6, 6.07) is 6.89. The molecule has 0 radical (unpaired) electrons. The van der Waals surface area contributed by atoms with Crippen LogP contribution in [-0.4, -0.2) is 99.8 Å². The minimum absolute atomic E-state index is 0.147. The maximum absolute atomic E-state index is 13.1. The summed E-state index contributed by atoms with van der Waals surface area (Å²) in [4.78, 5) is 23.8. The minimum atomic E-state index is -0.230. The topological polar surface area (TPSA) is 72.4 Å². The summed E-state index contributed by atoms with van der Waals surface area (Å²) >= 11 is 0. The first-order valence-electron chi connectivity index (χ1n) is 11.7. The van der Waals surface area contributed by atoms with Gasteiger partial charge in [-0.1, -0.05) is 0 Å². The third-order valence-corrected chi connectivity index (χ3v) is 5.98. The molecular weight excluding hydrogens is 411 g/mol.